The van der Waals surface area contributed by atoms with Crippen molar-refractivity contribution in [3.05, 3.63) is 11.4 Å². The smallest absolute Gasteiger partial charge is 0.334 e. The van der Waals surface area contributed by atoms with Gasteiger partial charge in [-0.3, -0.25) is 29.5 Å². The zero-order chi connectivity index (χ0) is 24.8. The third-order valence-corrected chi connectivity index (χ3v) is 7.51. The lowest BCUT2D eigenvalue weighted by molar-refractivity contribution is -0.157. The summed E-state index contributed by atoms with van der Waals surface area (Å²) in [7, 11) is 0. The zero-order valence-corrected chi connectivity index (χ0v) is 19.6. The number of hydrogen-bond donors (Lipinski definition) is 3. The van der Waals surface area contributed by atoms with E-state index in [4.69, 9.17) is 16.2 Å². The number of nitrogens with zero attached hydrogens (tertiary/aromatic N) is 3. The number of nitrogens with two attached hydrogens (primary N) is 2. The van der Waals surface area contributed by atoms with E-state index >= 15 is 0 Å². The molecule has 0 aromatic rings. The van der Waals surface area contributed by atoms with Crippen LogP contribution >= 0.6 is 0 Å². The number of imide groups is 3. The number of carbonyl (C=O) groups excluding carboxylic acids is 5. The molecule has 0 aromatic carbocycles. The van der Waals surface area contributed by atoms with Gasteiger partial charge in [0.2, 0.25) is 0 Å². The molecule has 1 saturated carbocycles. The van der Waals surface area contributed by atoms with Crippen molar-refractivity contribution in [2.45, 2.75) is 64.0 Å². The summed E-state index contributed by atoms with van der Waals surface area (Å²) in [5.74, 6) is -2.24. The maximum absolute atomic E-state index is 13.2. The van der Waals surface area contributed by atoms with Gasteiger partial charge in [0, 0.05) is 19.1 Å². The Morgan fingerprint density at radius 2 is 1.74 bits per heavy atom. The highest BCUT2D eigenvalue weighted by Crippen LogP contribution is 2.42. The monoisotopic (exact) mass is 476 g/mol. The molecule has 12 heteroatoms. The molecule has 0 aromatic heterocycles. The molecule has 1 aliphatic carbocycles. The number of rotatable bonds is 6. The van der Waals surface area contributed by atoms with Crippen molar-refractivity contribution in [2.24, 2.45) is 16.9 Å². The van der Waals surface area contributed by atoms with E-state index in [0.29, 0.717) is 38.6 Å². The van der Waals surface area contributed by atoms with Crippen LogP contribution in [0.5, 0.6) is 0 Å². The molecule has 1 spiro atoms. The van der Waals surface area contributed by atoms with Gasteiger partial charge < -0.3 is 21.1 Å². The number of nitrogens with one attached hydrogen (secondary N) is 1. The van der Waals surface area contributed by atoms with Crippen LogP contribution in [-0.2, 0) is 19.1 Å². The molecule has 4 fully saturated rings. The topological polar surface area (TPSA) is 168 Å². The average Bonchev–Trinajstić information content (AvgIpc) is 2.98. The van der Waals surface area contributed by atoms with Crippen molar-refractivity contribution >= 4 is 29.8 Å². The molecule has 3 heterocycles. The van der Waals surface area contributed by atoms with Gasteiger partial charge in [-0.25, -0.2) is 9.59 Å². The van der Waals surface area contributed by atoms with Crippen LogP contribution in [0.25, 0.3) is 0 Å². The first-order chi connectivity index (χ1) is 16.0. The van der Waals surface area contributed by atoms with Gasteiger partial charge >= 0.3 is 12.1 Å². The second-order valence-corrected chi connectivity index (χ2v) is 10.0. The maximum atomic E-state index is 13.2. The van der Waals surface area contributed by atoms with Crippen molar-refractivity contribution in [1.82, 2.24) is 20.0 Å². The summed E-state index contributed by atoms with van der Waals surface area (Å²) in [5.41, 5.74) is 9.69. The SMILES string of the molecule is CCCCN1C(=O)C(=C(N)N)C(=O)N(C2CCC(C)(CN3C(=O)NC(=O)C34COC4)CC2)C1=O. The summed E-state index contributed by atoms with van der Waals surface area (Å²) in [6.45, 7) is 4.87. The Morgan fingerprint density at radius 1 is 1.09 bits per heavy atom. The van der Waals surface area contributed by atoms with Crippen LogP contribution in [-0.4, -0.2) is 82.4 Å². The van der Waals surface area contributed by atoms with Crippen molar-refractivity contribution < 1.29 is 28.7 Å². The van der Waals surface area contributed by atoms with Gasteiger partial charge in [0.15, 0.2) is 5.54 Å². The summed E-state index contributed by atoms with van der Waals surface area (Å²) >= 11 is 0. The molecule has 3 saturated heterocycles. The van der Waals surface area contributed by atoms with Crippen LogP contribution in [0.1, 0.15) is 52.4 Å². The second kappa shape index (κ2) is 8.57. The molecule has 0 bridgehead atoms. The number of barbiturate groups is 1. The predicted octanol–water partition coefficient (Wildman–Crippen LogP) is -0.0240. The van der Waals surface area contributed by atoms with E-state index < -0.39 is 41.3 Å². The van der Waals surface area contributed by atoms with Gasteiger partial charge in [0.05, 0.1) is 13.2 Å². The van der Waals surface area contributed by atoms with Crippen LogP contribution in [0.4, 0.5) is 9.59 Å². The maximum Gasteiger partial charge on any atom is 0.334 e. The van der Waals surface area contributed by atoms with Crippen molar-refractivity contribution in [3.8, 4) is 0 Å². The molecule has 4 rings (SSSR count). The summed E-state index contributed by atoms with van der Waals surface area (Å²) < 4.78 is 5.23. The summed E-state index contributed by atoms with van der Waals surface area (Å²) in [4.78, 5) is 67.5. The number of ether oxygens (including phenoxy) is 1. The molecule has 34 heavy (non-hydrogen) atoms. The van der Waals surface area contributed by atoms with Gasteiger partial charge in [-0.15, -0.1) is 0 Å². The fourth-order valence-electron chi connectivity index (χ4n) is 5.23. The Morgan fingerprint density at radius 3 is 2.26 bits per heavy atom. The summed E-state index contributed by atoms with van der Waals surface area (Å²) in [6.07, 6.45) is 3.58. The fourth-order valence-corrected chi connectivity index (χ4v) is 5.23. The first-order valence-electron chi connectivity index (χ1n) is 11.7. The largest absolute Gasteiger partial charge is 0.385 e. The van der Waals surface area contributed by atoms with E-state index in [9.17, 15) is 24.0 Å². The minimum absolute atomic E-state index is 0.178. The van der Waals surface area contributed by atoms with E-state index in [1.54, 1.807) is 4.90 Å². The Bertz CT molecular complexity index is 961. The molecule has 7 amide bonds. The number of hydrogen-bond acceptors (Lipinski definition) is 8. The van der Waals surface area contributed by atoms with Crippen LogP contribution in [0.2, 0.25) is 0 Å². The average molecular weight is 477 g/mol. The van der Waals surface area contributed by atoms with Gasteiger partial charge in [0.25, 0.3) is 17.7 Å². The predicted molar refractivity (Wildman–Crippen MR) is 118 cm³/mol. The summed E-state index contributed by atoms with van der Waals surface area (Å²) in [5, 5.41) is 2.38. The van der Waals surface area contributed by atoms with Crippen LogP contribution in [0.3, 0.4) is 0 Å². The lowest BCUT2D eigenvalue weighted by Gasteiger charge is -2.48. The number of urea groups is 2. The molecule has 0 unspecified atom stereocenters. The third kappa shape index (κ3) is 3.69. The lowest BCUT2D eigenvalue weighted by atomic mass is 9.72. The molecule has 4 aliphatic rings. The minimum Gasteiger partial charge on any atom is -0.385 e. The molecule has 3 aliphatic heterocycles. The normalized spacial score (nSPS) is 29.1. The Labute approximate surface area is 197 Å². The van der Waals surface area contributed by atoms with E-state index in [0.717, 1.165) is 16.2 Å². The van der Waals surface area contributed by atoms with E-state index in [-0.39, 0.29) is 36.7 Å². The fraction of sp³-hybridized carbons (Fsp3) is 0.682. The highest BCUT2D eigenvalue weighted by molar-refractivity contribution is 6.29. The Kier molecular flexibility index (Phi) is 6.05. The van der Waals surface area contributed by atoms with Crippen LogP contribution in [0, 0.1) is 5.41 Å². The van der Waals surface area contributed by atoms with Crippen molar-refractivity contribution in [1.29, 1.82) is 0 Å². The Hall–Kier alpha value is -3.15. The zero-order valence-electron chi connectivity index (χ0n) is 19.6. The summed E-state index contributed by atoms with van der Waals surface area (Å²) in [6, 6.07) is -1.48. The van der Waals surface area contributed by atoms with Gasteiger partial charge in [0.1, 0.15) is 11.4 Å². The van der Waals surface area contributed by atoms with Gasteiger partial charge in [-0.1, -0.05) is 20.3 Å². The van der Waals surface area contributed by atoms with Gasteiger partial charge in [-0.05, 0) is 37.5 Å². The first kappa shape index (κ1) is 24.0. The number of unbranched alkanes of at least 4 members (excludes halogenated alkanes) is 1. The van der Waals surface area contributed by atoms with Crippen LogP contribution in [0.15, 0.2) is 11.4 Å². The number of carbonyl (C=O) groups is 5. The molecule has 5 N–H and O–H groups in total. The standard InChI is InChI=1S/C22H32N6O6/c1-3-4-9-26-16(29)14(15(23)24)17(30)28(20(26)33)13-5-7-21(2,8-6-13)10-27-19(32)25-18(31)22(27)11-34-12-22/h13H,3-12,23-24H2,1-2H3,(H,25,31,32). The highest BCUT2D eigenvalue weighted by Gasteiger charge is 2.59. The van der Waals surface area contributed by atoms with E-state index in [2.05, 4.69) is 5.32 Å². The molecular weight excluding hydrogens is 444 g/mol. The number of amides is 7. The van der Waals surface area contributed by atoms with Crippen molar-refractivity contribution in [2.75, 3.05) is 26.3 Å². The molecular formula is C22H32N6O6. The molecule has 12 nitrogen and oxygen atoms in total. The second-order valence-electron chi connectivity index (χ2n) is 10.0. The van der Waals surface area contributed by atoms with Crippen LogP contribution < -0.4 is 16.8 Å². The highest BCUT2D eigenvalue weighted by atomic mass is 16.5. The van der Waals surface area contributed by atoms with Gasteiger partial charge in [-0.2, -0.15) is 0 Å². The molecule has 0 radical (unpaired) electrons. The lowest BCUT2D eigenvalue weighted by Crippen LogP contribution is -2.65. The molecule has 0 atom stereocenters. The first-order valence-corrected chi connectivity index (χ1v) is 11.7. The molecule has 186 valence electrons. The Balaban J connectivity index is 1.49. The third-order valence-electron chi connectivity index (χ3n) is 7.51. The minimum atomic E-state index is -0.936. The van der Waals surface area contributed by atoms with E-state index in [1.807, 2.05) is 13.8 Å². The van der Waals surface area contributed by atoms with Crippen molar-refractivity contribution in [3.63, 3.8) is 0 Å². The quantitative estimate of drug-likeness (QED) is 0.273. The van der Waals surface area contributed by atoms with E-state index in [1.165, 1.54) is 0 Å².